The first-order valence-corrected chi connectivity index (χ1v) is 4.61. The minimum absolute atomic E-state index is 0.435. The van der Waals surface area contributed by atoms with Crippen molar-refractivity contribution in [1.82, 2.24) is 0 Å². The van der Waals surface area contributed by atoms with E-state index >= 15 is 0 Å². The Labute approximate surface area is 90.6 Å². The van der Waals surface area contributed by atoms with Crippen LogP contribution in [0.1, 0.15) is 41.5 Å². The third kappa shape index (κ3) is 9.00. The molecule has 2 N–H and O–H groups in total. The predicted molar refractivity (Wildman–Crippen MR) is 58.8 cm³/mol. The highest BCUT2D eigenvalue weighted by Crippen LogP contribution is 2.11. The van der Waals surface area contributed by atoms with Crippen LogP contribution in [0.3, 0.4) is 0 Å². The normalized spacial score (nSPS) is 9.73. The molecule has 0 saturated carbocycles. The fourth-order valence-electron chi connectivity index (χ4n) is 0.214. The Morgan fingerprint density at radius 2 is 1.20 bits per heavy atom. The van der Waals surface area contributed by atoms with E-state index in [1.165, 1.54) is 0 Å². The van der Waals surface area contributed by atoms with Crippen molar-refractivity contribution in [3.05, 3.63) is 11.1 Å². The van der Waals surface area contributed by atoms with Crippen molar-refractivity contribution in [3.8, 4) is 0 Å². The average Bonchev–Trinajstić information content (AvgIpc) is 2.01. The van der Waals surface area contributed by atoms with E-state index in [1.807, 2.05) is 0 Å². The molecule has 0 aliphatic carbocycles. The zero-order valence-electron chi connectivity index (χ0n) is 10.2. The van der Waals surface area contributed by atoms with Crippen LogP contribution in [0, 0.1) is 5.41 Å². The molecule has 0 bridgehead atoms. The Hall–Kier alpha value is -1.32. The third-order valence-corrected chi connectivity index (χ3v) is 1.71. The summed E-state index contributed by atoms with van der Waals surface area (Å²) in [6.07, 6.45) is 0. The molecule has 0 amide bonds. The van der Waals surface area contributed by atoms with Crippen molar-refractivity contribution < 1.29 is 19.8 Å². The summed E-state index contributed by atoms with van der Waals surface area (Å²) in [6.45, 7) is 10.1. The van der Waals surface area contributed by atoms with E-state index in [9.17, 15) is 9.59 Å². The van der Waals surface area contributed by atoms with Gasteiger partial charge in [-0.15, -0.1) is 0 Å². The maximum absolute atomic E-state index is 10.1. The van der Waals surface area contributed by atoms with Crippen LogP contribution in [0.15, 0.2) is 11.1 Å². The average molecular weight is 216 g/mol. The number of hydrogen-bond donors (Lipinski definition) is 2. The van der Waals surface area contributed by atoms with Crippen molar-refractivity contribution in [3.63, 3.8) is 0 Å². The molecule has 0 atom stereocenters. The molecule has 4 nitrogen and oxygen atoms in total. The van der Waals surface area contributed by atoms with E-state index in [4.69, 9.17) is 10.2 Å². The molecule has 0 aliphatic rings. The van der Waals surface area contributed by atoms with E-state index in [2.05, 4.69) is 0 Å². The fourth-order valence-corrected chi connectivity index (χ4v) is 0.214. The largest absolute Gasteiger partial charge is 0.481 e. The number of aliphatic carboxylic acids is 2. The summed E-state index contributed by atoms with van der Waals surface area (Å²) in [5.41, 5.74) is 0.711. The molecular formula is C11H20O4. The van der Waals surface area contributed by atoms with Gasteiger partial charge < -0.3 is 10.2 Å². The molecule has 0 fully saturated rings. The Morgan fingerprint density at radius 3 is 1.20 bits per heavy atom. The summed E-state index contributed by atoms with van der Waals surface area (Å²) in [4.78, 5) is 20.1. The fraction of sp³-hybridized carbons (Fsp3) is 0.636. The van der Waals surface area contributed by atoms with Crippen LogP contribution >= 0.6 is 0 Å². The molecule has 0 rings (SSSR count). The van der Waals surface area contributed by atoms with E-state index in [-0.39, 0.29) is 0 Å². The molecule has 15 heavy (non-hydrogen) atoms. The van der Waals surface area contributed by atoms with Gasteiger partial charge in [0.25, 0.3) is 0 Å². The van der Waals surface area contributed by atoms with Crippen molar-refractivity contribution in [1.29, 1.82) is 0 Å². The van der Waals surface area contributed by atoms with Crippen LogP contribution in [0.4, 0.5) is 0 Å². The van der Waals surface area contributed by atoms with E-state index in [0.29, 0.717) is 5.57 Å². The van der Waals surface area contributed by atoms with Crippen molar-refractivity contribution >= 4 is 11.9 Å². The number of carbonyl (C=O) groups is 2. The predicted octanol–water partition coefficient (Wildman–Crippen LogP) is 2.54. The Bertz CT molecular complexity index is 265. The quantitative estimate of drug-likeness (QED) is 0.660. The van der Waals surface area contributed by atoms with E-state index in [0.717, 1.165) is 5.57 Å². The summed E-state index contributed by atoms with van der Waals surface area (Å²) in [6, 6.07) is 0. The maximum Gasteiger partial charge on any atom is 0.331 e. The Morgan fingerprint density at radius 1 is 0.933 bits per heavy atom. The summed E-state index contributed by atoms with van der Waals surface area (Å²) in [5, 5.41) is 16.5. The zero-order chi connectivity index (χ0) is 12.8. The van der Waals surface area contributed by atoms with Gasteiger partial charge in [-0.05, 0) is 41.5 Å². The molecule has 0 saturated heterocycles. The lowest BCUT2D eigenvalue weighted by Gasteiger charge is -2.08. The van der Waals surface area contributed by atoms with E-state index in [1.54, 1.807) is 41.5 Å². The van der Waals surface area contributed by atoms with Crippen LogP contribution in [-0.2, 0) is 9.59 Å². The summed E-state index contributed by atoms with van der Waals surface area (Å²) in [7, 11) is 0. The minimum Gasteiger partial charge on any atom is -0.481 e. The smallest absolute Gasteiger partial charge is 0.331 e. The first-order valence-electron chi connectivity index (χ1n) is 4.61. The Kier molecular flexibility index (Phi) is 6.68. The molecule has 88 valence electrons. The van der Waals surface area contributed by atoms with Gasteiger partial charge in [0.05, 0.1) is 5.41 Å². The molecule has 0 aromatic carbocycles. The second-order valence-electron chi connectivity index (χ2n) is 4.49. The van der Waals surface area contributed by atoms with Gasteiger partial charge in [-0.2, -0.15) is 0 Å². The zero-order valence-corrected chi connectivity index (χ0v) is 10.2. The highest BCUT2D eigenvalue weighted by Gasteiger charge is 2.18. The van der Waals surface area contributed by atoms with Gasteiger partial charge in [-0.3, -0.25) is 4.79 Å². The second kappa shape index (κ2) is 6.22. The number of carboxylic acid groups (broad SMARTS) is 2. The van der Waals surface area contributed by atoms with Crippen LogP contribution in [0.2, 0.25) is 0 Å². The maximum atomic E-state index is 10.1. The number of carboxylic acids is 2. The van der Waals surface area contributed by atoms with Crippen LogP contribution in [0.25, 0.3) is 0 Å². The summed E-state index contributed by atoms with van der Waals surface area (Å²) in [5.74, 6) is -1.59. The molecule has 0 radical (unpaired) electrons. The lowest BCUT2D eigenvalue weighted by atomic mass is 9.98. The van der Waals surface area contributed by atoms with E-state index < -0.39 is 17.4 Å². The van der Waals surface area contributed by atoms with Gasteiger partial charge >= 0.3 is 11.9 Å². The lowest BCUT2D eigenvalue weighted by molar-refractivity contribution is -0.145. The first kappa shape index (κ1) is 16.1. The number of rotatable bonds is 1. The SMILES string of the molecule is CC(C)(C)C(=O)O.CC(C)=C(C)C(=O)O. The van der Waals surface area contributed by atoms with Crippen LogP contribution in [-0.4, -0.2) is 22.2 Å². The summed E-state index contributed by atoms with van der Waals surface area (Å²) < 4.78 is 0. The monoisotopic (exact) mass is 216 g/mol. The Balaban J connectivity index is 0. The van der Waals surface area contributed by atoms with Gasteiger partial charge in [-0.1, -0.05) is 5.57 Å². The third-order valence-electron chi connectivity index (χ3n) is 1.71. The van der Waals surface area contributed by atoms with Crippen molar-refractivity contribution in [2.45, 2.75) is 41.5 Å². The number of hydrogen-bond acceptors (Lipinski definition) is 2. The topological polar surface area (TPSA) is 74.6 Å². The minimum atomic E-state index is -0.829. The number of allylic oxidation sites excluding steroid dienone is 1. The molecule has 0 aromatic rings. The first-order chi connectivity index (χ1) is 6.50. The molecule has 0 aliphatic heterocycles. The molecule has 0 aromatic heterocycles. The standard InChI is InChI=1S/C6H10O2.C5H10O2/c1-4(2)5(3)6(7)8;1-5(2,3)4(6)7/h1-3H3,(H,7,8);1-3H3,(H,6,7). The van der Waals surface area contributed by atoms with Crippen LogP contribution in [0.5, 0.6) is 0 Å². The molecule has 0 heterocycles. The molecular weight excluding hydrogens is 196 g/mol. The van der Waals surface area contributed by atoms with Gasteiger partial charge in [0.15, 0.2) is 0 Å². The molecule has 4 heteroatoms. The highest BCUT2D eigenvalue weighted by molar-refractivity contribution is 5.86. The second-order valence-corrected chi connectivity index (χ2v) is 4.49. The van der Waals surface area contributed by atoms with Gasteiger partial charge in [0, 0.05) is 5.57 Å². The van der Waals surface area contributed by atoms with Gasteiger partial charge in [-0.25, -0.2) is 4.79 Å². The van der Waals surface area contributed by atoms with Crippen molar-refractivity contribution in [2.24, 2.45) is 5.41 Å². The lowest BCUT2D eigenvalue weighted by Crippen LogP contribution is -2.18. The van der Waals surface area contributed by atoms with Crippen molar-refractivity contribution in [2.75, 3.05) is 0 Å². The molecule has 0 unspecified atom stereocenters. The highest BCUT2D eigenvalue weighted by atomic mass is 16.4. The summed E-state index contributed by atoms with van der Waals surface area (Å²) >= 11 is 0. The van der Waals surface area contributed by atoms with Gasteiger partial charge in [0.2, 0.25) is 0 Å². The molecule has 0 spiro atoms. The van der Waals surface area contributed by atoms with Gasteiger partial charge in [0.1, 0.15) is 0 Å². The van der Waals surface area contributed by atoms with Crippen LogP contribution < -0.4 is 0 Å².